The molecule has 1 aromatic carbocycles. The Morgan fingerprint density at radius 1 is 1.28 bits per heavy atom. The van der Waals surface area contributed by atoms with Crippen molar-refractivity contribution in [2.24, 2.45) is 5.73 Å². The summed E-state index contributed by atoms with van der Waals surface area (Å²) in [7, 11) is 0. The molecule has 0 bridgehead atoms. The molecular formula is C14H18N4. The van der Waals surface area contributed by atoms with E-state index in [4.69, 9.17) is 5.73 Å². The van der Waals surface area contributed by atoms with Crippen LogP contribution in [0.15, 0.2) is 36.5 Å². The van der Waals surface area contributed by atoms with Crippen LogP contribution in [-0.2, 0) is 0 Å². The van der Waals surface area contributed by atoms with Gasteiger partial charge in [0, 0.05) is 18.3 Å². The maximum absolute atomic E-state index is 5.45. The summed E-state index contributed by atoms with van der Waals surface area (Å²) >= 11 is 0. The minimum absolute atomic E-state index is 0.655. The lowest BCUT2D eigenvalue weighted by Gasteiger charge is -2.06. The zero-order chi connectivity index (χ0) is 12.8. The Morgan fingerprint density at radius 3 is 2.94 bits per heavy atom. The van der Waals surface area contributed by atoms with Crippen molar-refractivity contribution in [3.63, 3.8) is 0 Å². The van der Waals surface area contributed by atoms with E-state index in [-0.39, 0.29) is 0 Å². The highest BCUT2D eigenvalue weighted by molar-refractivity contribution is 5.60. The van der Waals surface area contributed by atoms with Gasteiger partial charge in [0.2, 0.25) is 5.95 Å². The number of aromatic nitrogens is 2. The maximum atomic E-state index is 5.45. The zero-order valence-electron chi connectivity index (χ0n) is 10.6. The van der Waals surface area contributed by atoms with Crippen LogP contribution in [0.25, 0.3) is 11.3 Å². The van der Waals surface area contributed by atoms with E-state index < -0.39 is 0 Å². The van der Waals surface area contributed by atoms with Gasteiger partial charge in [-0.25, -0.2) is 9.97 Å². The fourth-order valence-corrected chi connectivity index (χ4v) is 1.71. The molecule has 0 radical (unpaired) electrons. The number of anilines is 1. The Balaban J connectivity index is 2.16. The first-order chi connectivity index (χ1) is 8.79. The van der Waals surface area contributed by atoms with Crippen LogP contribution < -0.4 is 11.1 Å². The lowest BCUT2D eigenvalue weighted by Crippen LogP contribution is -2.10. The predicted molar refractivity (Wildman–Crippen MR) is 74.4 cm³/mol. The Bertz CT molecular complexity index is 511. The highest BCUT2D eigenvalue weighted by Gasteiger charge is 2.01. The summed E-state index contributed by atoms with van der Waals surface area (Å²) in [5.74, 6) is 0.655. The van der Waals surface area contributed by atoms with Crippen LogP contribution in [0.5, 0.6) is 0 Å². The smallest absolute Gasteiger partial charge is 0.223 e. The van der Waals surface area contributed by atoms with E-state index in [2.05, 4.69) is 40.4 Å². The van der Waals surface area contributed by atoms with Crippen molar-refractivity contribution in [3.05, 3.63) is 42.1 Å². The fourth-order valence-electron chi connectivity index (χ4n) is 1.71. The average Bonchev–Trinajstić information content (AvgIpc) is 2.39. The van der Waals surface area contributed by atoms with Crippen LogP contribution in [0.2, 0.25) is 0 Å². The number of hydrogen-bond acceptors (Lipinski definition) is 4. The van der Waals surface area contributed by atoms with Crippen LogP contribution in [-0.4, -0.2) is 23.1 Å². The molecule has 2 rings (SSSR count). The van der Waals surface area contributed by atoms with Gasteiger partial charge in [-0.2, -0.15) is 0 Å². The molecule has 0 saturated heterocycles. The summed E-state index contributed by atoms with van der Waals surface area (Å²) in [6.45, 7) is 3.55. The number of nitrogens with one attached hydrogen (secondary N) is 1. The molecule has 0 aliphatic carbocycles. The van der Waals surface area contributed by atoms with E-state index in [9.17, 15) is 0 Å². The van der Waals surface area contributed by atoms with Crippen molar-refractivity contribution in [2.45, 2.75) is 13.3 Å². The molecule has 1 aromatic heterocycles. The molecule has 2 aromatic rings. The zero-order valence-corrected chi connectivity index (χ0v) is 10.6. The van der Waals surface area contributed by atoms with Gasteiger partial charge in [0.1, 0.15) is 0 Å². The van der Waals surface area contributed by atoms with Gasteiger partial charge in [-0.05, 0) is 32.0 Å². The topological polar surface area (TPSA) is 63.8 Å². The van der Waals surface area contributed by atoms with Gasteiger partial charge in [0.25, 0.3) is 0 Å². The number of benzene rings is 1. The fraction of sp³-hybridized carbons (Fsp3) is 0.286. The highest BCUT2D eigenvalue weighted by atomic mass is 15.1. The van der Waals surface area contributed by atoms with E-state index in [1.165, 1.54) is 5.56 Å². The molecule has 0 aliphatic rings. The lowest BCUT2D eigenvalue weighted by molar-refractivity contribution is 0.864. The van der Waals surface area contributed by atoms with Crippen LogP contribution in [0.4, 0.5) is 5.95 Å². The van der Waals surface area contributed by atoms with Gasteiger partial charge >= 0.3 is 0 Å². The second-order valence-corrected chi connectivity index (χ2v) is 4.20. The number of aryl methyl sites for hydroxylation is 1. The Labute approximate surface area is 107 Å². The van der Waals surface area contributed by atoms with E-state index >= 15 is 0 Å². The molecule has 94 valence electrons. The predicted octanol–water partition coefficient (Wildman–Crippen LogP) is 2.21. The van der Waals surface area contributed by atoms with E-state index in [0.29, 0.717) is 12.5 Å². The van der Waals surface area contributed by atoms with Crippen LogP contribution in [0, 0.1) is 6.92 Å². The third-order valence-electron chi connectivity index (χ3n) is 2.63. The summed E-state index contributed by atoms with van der Waals surface area (Å²) in [6, 6.07) is 10.2. The summed E-state index contributed by atoms with van der Waals surface area (Å²) < 4.78 is 0. The van der Waals surface area contributed by atoms with Gasteiger partial charge < -0.3 is 11.1 Å². The average molecular weight is 242 g/mol. The van der Waals surface area contributed by atoms with Crippen molar-refractivity contribution < 1.29 is 0 Å². The minimum Gasteiger partial charge on any atom is -0.354 e. The van der Waals surface area contributed by atoms with Crippen LogP contribution in [0.1, 0.15) is 12.0 Å². The van der Waals surface area contributed by atoms with E-state index in [0.717, 1.165) is 24.2 Å². The summed E-state index contributed by atoms with van der Waals surface area (Å²) in [4.78, 5) is 8.69. The van der Waals surface area contributed by atoms with Crippen LogP contribution >= 0.6 is 0 Å². The maximum Gasteiger partial charge on any atom is 0.223 e. The SMILES string of the molecule is Cc1cccc(-c2ccnc(NCCCN)n2)c1. The van der Waals surface area contributed by atoms with Gasteiger partial charge in [0.15, 0.2) is 0 Å². The standard InChI is InChI=1S/C14H18N4/c1-11-4-2-5-12(10-11)13-6-9-17-14(18-13)16-8-3-7-15/h2,4-6,9-10H,3,7-8,15H2,1H3,(H,16,17,18). The van der Waals surface area contributed by atoms with Gasteiger partial charge in [-0.3, -0.25) is 0 Å². The van der Waals surface area contributed by atoms with Gasteiger partial charge in [-0.15, -0.1) is 0 Å². The second-order valence-electron chi connectivity index (χ2n) is 4.20. The molecule has 4 heteroatoms. The van der Waals surface area contributed by atoms with Gasteiger partial charge in [-0.1, -0.05) is 23.8 Å². The molecule has 0 spiro atoms. The molecule has 0 aliphatic heterocycles. The van der Waals surface area contributed by atoms with Crippen LogP contribution in [0.3, 0.4) is 0 Å². The van der Waals surface area contributed by atoms with Crippen molar-refractivity contribution in [3.8, 4) is 11.3 Å². The first-order valence-electron chi connectivity index (χ1n) is 6.13. The number of hydrogen-bond donors (Lipinski definition) is 2. The van der Waals surface area contributed by atoms with Gasteiger partial charge in [0.05, 0.1) is 5.69 Å². The second kappa shape index (κ2) is 6.12. The molecule has 0 unspecified atom stereocenters. The Morgan fingerprint density at radius 2 is 2.17 bits per heavy atom. The van der Waals surface area contributed by atoms with E-state index in [1.54, 1.807) is 6.20 Å². The number of nitrogens with two attached hydrogens (primary N) is 1. The van der Waals surface area contributed by atoms with Crippen molar-refractivity contribution in [2.75, 3.05) is 18.4 Å². The Kier molecular flexibility index (Phi) is 4.25. The number of nitrogens with zero attached hydrogens (tertiary/aromatic N) is 2. The van der Waals surface area contributed by atoms with Crippen molar-refractivity contribution in [1.29, 1.82) is 0 Å². The molecule has 0 amide bonds. The number of rotatable bonds is 5. The third kappa shape index (κ3) is 3.28. The Hall–Kier alpha value is -1.94. The summed E-state index contributed by atoms with van der Waals surface area (Å²) in [6.07, 6.45) is 2.69. The molecular weight excluding hydrogens is 224 g/mol. The monoisotopic (exact) mass is 242 g/mol. The first kappa shape index (κ1) is 12.5. The third-order valence-corrected chi connectivity index (χ3v) is 2.63. The molecule has 18 heavy (non-hydrogen) atoms. The quantitative estimate of drug-likeness (QED) is 0.789. The minimum atomic E-state index is 0.655. The summed E-state index contributed by atoms with van der Waals surface area (Å²) in [5.41, 5.74) is 8.72. The normalized spacial score (nSPS) is 10.3. The molecule has 0 saturated carbocycles. The summed E-state index contributed by atoms with van der Waals surface area (Å²) in [5, 5.41) is 3.17. The highest BCUT2D eigenvalue weighted by Crippen LogP contribution is 2.18. The molecule has 1 heterocycles. The van der Waals surface area contributed by atoms with E-state index in [1.807, 2.05) is 12.1 Å². The lowest BCUT2D eigenvalue weighted by atomic mass is 10.1. The largest absolute Gasteiger partial charge is 0.354 e. The van der Waals surface area contributed by atoms with Crippen molar-refractivity contribution >= 4 is 5.95 Å². The molecule has 3 N–H and O–H groups in total. The molecule has 0 fully saturated rings. The first-order valence-corrected chi connectivity index (χ1v) is 6.13. The molecule has 4 nitrogen and oxygen atoms in total. The molecule has 0 atom stereocenters. The van der Waals surface area contributed by atoms with Crippen molar-refractivity contribution in [1.82, 2.24) is 9.97 Å².